The number of para-hydroxylation sites is 2. The molecule has 1 N–H and O–H groups in total. The molecule has 2 aliphatic rings. The van der Waals surface area contributed by atoms with Gasteiger partial charge in [-0.15, -0.1) is 0 Å². The molecule has 1 aromatic carbocycles. The maximum atomic E-state index is 12.3. The Bertz CT molecular complexity index is 754. The van der Waals surface area contributed by atoms with Crippen LogP contribution >= 0.6 is 0 Å². The summed E-state index contributed by atoms with van der Waals surface area (Å²) in [5.41, 5.74) is 0.519. The first-order chi connectivity index (χ1) is 12.8. The molecule has 2 aliphatic heterocycles. The molecule has 0 aliphatic carbocycles. The lowest BCUT2D eigenvalue weighted by molar-refractivity contribution is 0.0313. The molecule has 7 nitrogen and oxygen atoms in total. The fraction of sp³-hybridized carbons (Fsp3) is 0.421. The number of fused-ring (bicyclic) bond motifs is 1. The minimum absolute atomic E-state index is 0.176. The van der Waals surface area contributed by atoms with Gasteiger partial charge in [0.1, 0.15) is 24.7 Å². The van der Waals surface area contributed by atoms with E-state index in [1.165, 1.54) is 6.26 Å². The van der Waals surface area contributed by atoms with Crippen molar-refractivity contribution in [2.45, 2.75) is 12.6 Å². The Labute approximate surface area is 151 Å². The van der Waals surface area contributed by atoms with Gasteiger partial charge in [0.05, 0.1) is 31.9 Å². The van der Waals surface area contributed by atoms with Crippen LogP contribution in [0.4, 0.5) is 0 Å². The monoisotopic (exact) mass is 358 g/mol. The summed E-state index contributed by atoms with van der Waals surface area (Å²) in [7, 11) is 0. The molecule has 1 atom stereocenters. The summed E-state index contributed by atoms with van der Waals surface area (Å²) < 4.78 is 22.4. The summed E-state index contributed by atoms with van der Waals surface area (Å²) >= 11 is 0. The Morgan fingerprint density at radius 3 is 2.85 bits per heavy atom. The zero-order valence-corrected chi connectivity index (χ0v) is 14.5. The van der Waals surface area contributed by atoms with Gasteiger partial charge in [0.25, 0.3) is 5.91 Å². The van der Waals surface area contributed by atoms with E-state index in [2.05, 4.69) is 10.2 Å². The number of hydrogen-bond acceptors (Lipinski definition) is 6. The number of benzene rings is 1. The Kier molecular flexibility index (Phi) is 5.08. The molecule has 138 valence electrons. The van der Waals surface area contributed by atoms with Crippen LogP contribution in [0.2, 0.25) is 0 Å². The Morgan fingerprint density at radius 1 is 1.19 bits per heavy atom. The van der Waals surface area contributed by atoms with Crippen molar-refractivity contribution in [1.29, 1.82) is 0 Å². The highest BCUT2D eigenvalue weighted by molar-refractivity contribution is 5.93. The van der Waals surface area contributed by atoms with Crippen LogP contribution in [0.25, 0.3) is 0 Å². The van der Waals surface area contributed by atoms with Gasteiger partial charge in [0.15, 0.2) is 11.5 Å². The second-order valence-corrected chi connectivity index (χ2v) is 6.40. The number of rotatable bonds is 5. The second kappa shape index (κ2) is 7.80. The minimum Gasteiger partial charge on any atom is -0.486 e. The van der Waals surface area contributed by atoms with Crippen LogP contribution in [-0.2, 0) is 11.3 Å². The number of morpholine rings is 1. The second-order valence-electron chi connectivity index (χ2n) is 6.40. The highest BCUT2D eigenvalue weighted by Crippen LogP contribution is 2.30. The predicted octanol–water partition coefficient (Wildman–Crippen LogP) is 1.68. The zero-order valence-electron chi connectivity index (χ0n) is 14.5. The number of hydrogen-bond donors (Lipinski definition) is 1. The summed E-state index contributed by atoms with van der Waals surface area (Å²) in [6.45, 7) is 4.70. The quantitative estimate of drug-likeness (QED) is 0.877. The number of nitrogens with zero attached hydrogens (tertiary/aromatic N) is 1. The number of amides is 1. The van der Waals surface area contributed by atoms with Crippen molar-refractivity contribution in [3.8, 4) is 11.5 Å². The zero-order chi connectivity index (χ0) is 17.8. The first kappa shape index (κ1) is 16.9. The van der Waals surface area contributed by atoms with Crippen LogP contribution in [0.5, 0.6) is 11.5 Å². The highest BCUT2D eigenvalue weighted by Gasteiger charge is 2.22. The van der Waals surface area contributed by atoms with Crippen molar-refractivity contribution in [1.82, 2.24) is 10.2 Å². The highest BCUT2D eigenvalue weighted by atomic mass is 16.6. The lowest BCUT2D eigenvalue weighted by Crippen LogP contribution is -2.40. The van der Waals surface area contributed by atoms with Gasteiger partial charge in [0.2, 0.25) is 0 Å². The molecule has 0 radical (unpaired) electrons. The molecule has 7 heteroatoms. The van der Waals surface area contributed by atoms with E-state index in [9.17, 15) is 4.79 Å². The van der Waals surface area contributed by atoms with E-state index < -0.39 is 0 Å². The molecule has 3 heterocycles. The van der Waals surface area contributed by atoms with Gasteiger partial charge in [-0.1, -0.05) is 12.1 Å². The number of furan rings is 1. The van der Waals surface area contributed by atoms with Crippen molar-refractivity contribution < 1.29 is 23.4 Å². The Balaban J connectivity index is 1.27. The van der Waals surface area contributed by atoms with E-state index in [0.717, 1.165) is 37.8 Å². The Hall–Kier alpha value is -2.51. The third-order valence-corrected chi connectivity index (χ3v) is 4.46. The van der Waals surface area contributed by atoms with E-state index in [1.54, 1.807) is 6.07 Å². The molecule has 2 aromatic rings. The van der Waals surface area contributed by atoms with Crippen LogP contribution < -0.4 is 14.8 Å². The van der Waals surface area contributed by atoms with Crippen LogP contribution in [0.3, 0.4) is 0 Å². The fourth-order valence-corrected chi connectivity index (χ4v) is 3.03. The summed E-state index contributed by atoms with van der Waals surface area (Å²) in [6.07, 6.45) is 1.28. The topological polar surface area (TPSA) is 73.2 Å². The van der Waals surface area contributed by atoms with E-state index in [4.69, 9.17) is 18.6 Å². The molecule has 0 saturated carbocycles. The normalized spacial score (nSPS) is 19.9. The molecule has 26 heavy (non-hydrogen) atoms. The van der Waals surface area contributed by atoms with Crippen LogP contribution in [0, 0.1) is 0 Å². The summed E-state index contributed by atoms with van der Waals surface area (Å²) in [4.78, 5) is 14.6. The van der Waals surface area contributed by atoms with Crippen molar-refractivity contribution in [2.75, 3.05) is 39.5 Å². The van der Waals surface area contributed by atoms with Gasteiger partial charge >= 0.3 is 0 Å². The van der Waals surface area contributed by atoms with E-state index in [0.29, 0.717) is 31.0 Å². The average molecular weight is 358 g/mol. The van der Waals surface area contributed by atoms with E-state index in [1.807, 2.05) is 24.3 Å². The Morgan fingerprint density at radius 2 is 2.00 bits per heavy atom. The first-order valence-corrected chi connectivity index (χ1v) is 8.82. The number of nitrogens with one attached hydrogen (secondary N) is 1. The van der Waals surface area contributed by atoms with Crippen LogP contribution in [-0.4, -0.2) is 56.4 Å². The average Bonchev–Trinajstić information content (AvgIpc) is 3.15. The third-order valence-electron chi connectivity index (χ3n) is 4.46. The predicted molar refractivity (Wildman–Crippen MR) is 93.5 cm³/mol. The first-order valence-electron chi connectivity index (χ1n) is 8.82. The number of carbonyl (C=O) groups excluding carboxylic acids is 1. The maximum absolute atomic E-state index is 12.3. The lowest BCUT2D eigenvalue weighted by atomic mass is 10.2. The van der Waals surface area contributed by atoms with Crippen molar-refractivity contribution in [2.24, 2.45) is 0 Å². The molecule has 1 amide bonds. The molecular weight excluding hydrogens is 336 g/mol. The van der Waals surface area contributed by atoms with E-state index >= 15 is 0 Å². The summed E-state index contributed by atoms with van der Waals surface area (Å²) in [5.74, 6) is 2.04. The van der Waals surface area contributed by atoms with Gasteiger partial charge in [0, 0.05) is 13.1 Å². The van der Waals surface area contributed by atoms with Gasteiger partial charge < -0.3 is 23.9 Å². The summed E-state index contributed by atoms with van der Waals surface area (Å²) in [5, 5.41) is 2.88. The van der Waals surface area contributed by atoms with Crippen molar-refractivity contribution in [3.05, 3.63) is 47.9 Å². The van der Waals surface area contributed by atoms with Gasteiger partial charge in [-0.25, -0.2) is 0 Å². The van der Waals surface area contributed by atoms with E-state index in [-0.39, 0.29) is 12.0 Å². The molecule has 0 bridgehead atoms. The summed E-state index contributed by atoms with van der Waals surface area (Å²) in [6, 6.07) is 9.31. The van der Waals surface area contributed by atoms with Gasteiger partial charge in [-0.05, 0) is 18.2 Å². The van der Waals surface area contributed by atoms with Crippen molar-refractivity contribution in [3.63, 3.8) is 0 Å². The minimum atomic E-state index is -0.214. The number of carbonyl (C=O) groups is 1. The van der Waals surface area contributed by atoms with Crippen LogP contribution in [0.1, 0.15) is 16.1 Å². The molecule has 1 saturated heterocycles. The smallest absolute Gasteiger partial charge is 0.254 e. The van der Waals surface area contributed by atoms with Gasteiger partial charge in [-0.2, -0.15) is 0 Å². The maximum Gasteiger partial charge on any atom is 0.254 e. The lowest BCUT2D eigenvalue weighted by Gasteiger charge is -2.26. The molecular formula is C19H22N2O5. The standard InChI is InChI=1S/C19H22N2O5/c22-19(14-9-15(24-12-14)11-21-5-7-23-8-6-21)20-10-16-13-25-17-3-1-2-4-18(17)26-16/h1-4,9,12,16H,5-8,10-11,13H2,(H,20,22)/t16-/m0/s1. The van der Waals surface area contributed by atoms with Crippen LogP contribution in [0.15, 0.2) is 41.0 Å². The fourth-order valence-electron chi connectivity index (χ4n) is 3.03. The van der Waals surface area contributed by atoms with Crippen molar-refractivity contribution >= 4 is 5.91 Å². The van der Waals surface area contributed by atoms with Gasteiger partial charge in [-0.3, -0.25) is 9.69 Å². The molecule has 0 unspecified atom stereocenters. The molecule has 1 aromatic heterocycles. The molecule has 4 rings (SSSR count). The third kappa shape index (κ3) is 4.00. The molecule has 1 fully saturated rings. The number of ether oxygens (including phenoxy) is 3. The largest absolute Gasteiger partial charge is 0.486 e. The SMILES string of the molecule is O=C(NC[C@H]1COc2ccccc2O1)c1coc(CN2CCOCC2)c1. The molecule has 0 spiro atoms.